The molecule has 1 aliphatic rings. The Hall–Kier alpha value is -1.16. The van der Waals surface area contributed by atoms with Gasteiger partial charge >= 0.3 is 0 Å². The third-order valence-electron chi connectivity index (χ3n) is 4.05. The fourth-order valence-corrected chi connectivity index (χ4v) is 2.81. The molecule has 4 atom stereocenters. The Bertz CT molecular complexity index is 452. The second-order valence-electron chi connectivity index (χ2n) is 5.82. The minimum atomic E-state index is -0.616. The van der Waals surface area contributed by atoms with E-state index in [1.807, 2.05) is 19.1 Å². The first-order valence-electron chi connectivity index (χ1n) is 7.75. The van der Waals surface area contributed by atoms with Crippen molar-refractivity contribution in [3.05, 3.63) is 41.5 Å². The van der Waals surface area contributed by atoms with Crippen molar-refractivity contribution in [2.75, 3.05) is 13.7 Å². The van der Waals surface area contributed by atoms with E-state index in [0.29, 0.717) is 6.61 Å². The van der Waals surface area contributed by atoms with Crippen molar-refractivity contribution in [3.63, 3.8) is 0 Å². The van der Waals surface area contributed by atoms with E-state index in [1.165, 1.54) is 5.56 Å². The van der Waals surface area contributed by atoms with Crippen LogP contribution in [0.4, 0.5) is 0 Å². The summed E-state index contributed by atoms with van der Waals surface area (Å²) in [6, 6.07) is 8.52. The van der Waals surface area contributed by atoms with Gasteiger partial charge in [-0.3, -0.25) is 0 Å². The lowest BCUT2D eigenvalue weighted by molar-refractivity contribution is -0.154. The summed E-state index contributed by atoms with van der Waals surface area (Å²) in [6.07, 6.45) is 5.12. The Morgan fingerprint density at radius 2 is 2.05 bits per heavy atom. The predicted octanol–water partition coefficient (Wildman–Crippen LogP) is 3.06. The molecule has 1 N–H and O–H groups in total. The Morgan fingerprint density at radius 1 is 1.33 bits per heavy atom. The van der Waals surface area contributed by atoms with E-state index in [9.17, 15) is 5.11 Å². The van der Waals surface area contributed by atoms with Gasteiger partial charge in [0.05, 0.1) is 12.7 Å². The Kier molecular flexibility index (Phi) is 5.97. The monoisotopic (exact) mass is 290 g/mol. The van der Waals surface area contributed by atoms with Gasteiger partial charge in [0.1, 0.15) is 12.2 Å². The molecule has 1 saturated heterocycles. The van der Waals surface area contributed by atoms with Crippen LogP contribution in [0.25, 0.3) is 6.08 Å². The molecule has 0 bridgehead atoms. The normalized spacial score (nSPS) is 29.9. The number of methoxy groups -OCH3 is 1. The standard InChI is InChI=1S/C18H26O3/c1-4-5-14-6-8-15(9-7-14)10-11-16-17(19)18(20-3)13(2)12-21-16/h6-11,13,16-19H,4-5,12H2,1-3H3/b11-10-/t13-,16-,17-,18-/m0/s1. The molecule has 21 heavy (non-hydrogen) atoms. The van der Waals surface area contributed by atoms with Gasteiger partial charge in [-0.1, -0.05) is 56.7 Å². The van der Waals surface area contributed by atoms with Gasteiger partial charge in [-0.15, -0.1) is 0 Å². The molecule has 1 fully saturated rings. The average molecular weight is 290 g/mol. The molecular weight excluding hydrogens is 264 g/mol. The molecule has 1 aromatic carbocycles. The molecule has 1 heterocycles. The van der Waals surface area contributed by atoms with E-state index in [4.69, 9.17) is 9.47 Å². The number of aliphatic hydroxyl groups is 1. The van der Waals surface area contributed by atoms with Gasteiger partial charge in [0.15, 0.2) is 0 Å². The fourth-order valence-electron chi connectivity index (χ4n) is 2.81. The molecule has 0 saturated carbocycles. The maximum absolute atomic E-state index is 10.3. The molecule has 3 nitrogen and oxygen atoms in total. The zero-order valence-corrected chi connectivity index (χ0v) is 13.2. The highest BCUT2D eigenvalue weighted by atomic mass is 16.5. The van der Waals surface area contributed by atoms with E-state index in [-0.39, 0.29) is 18.1 Å². The lowest BCUT2D eigenvalue weighted by Gasteiger charge is -2.36. The quantitative estimate of drug-likeness (QED) is 0.906. The molecule has 2 rings (SSSR count). The minimum Gasteiger partial charge on any atom is -0.387 e. The summed E-state index contributed by atoms with van der Waals surface area (Å²) < 4.78 is 11.1. The Morgan fingerprint density at radius 3 is 2.67 bits per heavy atom. The van der Waals surface area contributed by atoms with Crippen LogP contribution in [0, 0.1) is 5.92 Å². The number of hydrogen-bond acceptors (Lipinski definition) is 3. The first-order valence-corrected chi connectivity index (χ1v) is 7.75. The highest BCUT2D eigenvalue weighted by molar-refractivity contribution is 5.50. The smallest absolute Gasteiger partial charge is 0.110 e. The molecule has 0 radical (unpaired) electrons. The van der Waals surface area contributed by atoms with Crippen LogP contribution in [0.1, 0.15) is 31.4 Å². The van der Waals surface area contributed by atoms with Crippen LogP contribution < -0.4 is 0 Å². The largest absolute Gasteiger partial charge is 0.387 e. The van der Waals surface area contributed by atoms with E-state index >= 15 is 0 Å². The molecule has 3 heteroatoms. The third kappa shape index (κ3) is 4.16. The molecule has 0 amide bonds. The van der Waals surface area contributed by atoms with Crippen molar-refractivity contribution < 1.29 is 14.6 Å². The third-order valence-corrected chi connectivity index (χ3v) is 4.05. The van der Waals surface area contributed by atoms with Crippen LogP contribution in [0.15, 0.2) is 30.3 Å². The van der Waals surface area contributed by atoms with Gasteiger partial charge in [0.25, 0.3) is 0 Å². The van der Waals surface area contributed by atoms with Crippen molar-refractivity contribution in [1.82, 2.24) is 0 Å². The molecule has 116 valence electrons. The van der Waals surface area contributed by atoms with Crippen LogP contribution in [-0.4, -0.2) is 37.1 Å². The number of aryl methyl sites for hydroxylation is 1. The number of benzene rings is 1. The van der Waals surface area contributed by atoms with Gasteiger partial charge in [-0.2, -0.15) is 0 Å². The number of aliphatic hydroxyl groups excluding tert-OH is 1. The molecular formula is C18H26O3. The highest BCUT2D eigenvalue weighted by Gasteiger charge is 2.36. The van der Waals surface area contributed by atoms with Crippen molar-refractivity contribution in [3.8, 4) is 0 Å². The fraction of sp³-hybridized carbons (Fsp3) is 0.556. The van der Waals surface area contributed by atoms with E-state index in [2.05, 4.69) is 31.2 Å². The van der Waals surface area contributed by atoms with Crippen LogP contribution in [-0.2, 0) is 15.9 Å². The van der Waals surface area contributed by atoms with Crippen molar-refractivity contribution in [2.45, 2.75) is 45.0 Å². The topological polar surface area (TPSA) is 38.7 Å². The van der Waals surface area contributed by atoms with Gasteiger partial charge in [-0.05, 0) is 17.5 Å². The van der Waals surface area contributed by atoms with Crippen LogP contribution >= 0.6 is 0 Å². The Balaban J connectivity index is 1.99. The summed E-state index contributed by atoms with van der Waals surface area (Å²) in [4.78, 5) is 0. The summed E-state index contributed by atoms with van der Waals surface area (Å²) in [5.41, 5.74) is 2.48. The predicted molar refractivity (Wildman–Crippen MR) is 85.2 cm³/mol. The van der Waals surface area contributed by atoms with E-state index in [1.54, 1.807) is 7.11 Å². The van der Waals surface area contributed by atoms with Crippen LogP contribution in [0.3, 0.4) is 0 Å². The highest BCUT2D eigenvalue weighted by Crippen LogP contribution is 2.23. The lowest BCUT2D eigenvalue weighted by Crippen LogP contribution is -2.49. The summed E-state index contributed by atoms with van der Waals surface area (Å²) in [6.45, 7) is 4.83. The Labute approximate surface area is 127 Å². The number of rotatable bonds is 5. The van der Waals surface area contributed by atoms with Crippen LogP contribution in [0.5, 0.6) is 0 Å². The number of ether oxygens (including phenoxy) is 2. The summed E-state index contributed by atoms with van der Waals surface area (Å²) >= 11 is 0. The lowest BCUT2D eigenvalue weighted by atomic mass is 9.93. The average Bonchev–Trinajstić information content (AvgIpc) is 2.49. The zero-order chi connectivity index (χ0) is 15.2. The van der Waals surface area contributed by atoms with E-state index < -0.39 is 6.10 Å². The van der Waals surface area contributed by atoms with Crippen molar-refractivity contribution >= 4 is 6.08 Å². The van der Waals surface area contributed by atoms with Crippen LogP contribution in [0.2, 0.25) is 0 Å². The second kappa shape index (κ2) is 7.74. The SMILES string of the molecule is CCCc1ccc(/C=C\[C@@H]2OC[C@H](C)[C@H](OC)[C@H]2O)cc1. The van der Waals surface area contributed by atoms with Gasteiger partial charge < -0.3 is 14.6 Å². The van der Waals surface area contributed by atoms with Gasteiger partial charge in [0.2, 0.25) is 0 Å². The first kappa shape index (κ1) is 16.2. The molecule has 1 aromatic rings. The van der Waals surface area contributed by atoms with Crippen molar-refractivity contribution in [1.29, 1.82) is 0 Å². The molecule has 1 aliphatic heterocycles. The maximum Gasteiger partial charge on any atom is 0.110 e. The summed E-state index contributed by atoms with van der Waals surface area (Å²) in [7, 11) is 1.64. The molecule has 0 aliphatic carbocycles. The van der Waals surface area contributed by atoms with E-state index in [0.717, 1.165) is 18.4 Å². The second-order valence-corrected chi connectivity index (χ2v) is 5.82. The minimum absolute atomic E-state index is 0.166. The molecule has 0 spiro atoms. The maximum atomic E-state index is 10.3. The van der Waals surface area contributed by atoms with Gasteiger partial charge in [0, 0.05) is 13.0 Å². The van der Waals surface area contributed by atoms with Gasteiger partial charge in [-0.25, -0.2) is 0 Å². The molecule has 0 aromatic heterocycles. The van der Waals surface area contributed by atoms with Crippen molar-refractivity contribution in [2.24, 2.45) is 5.92 Å². The zero-order valence-electron chi connectivity index (χ0n) is 13.2. The number of hydrogen-bond donors (Lipinski definition) is 1. The summed E-state index contributed by atoms with van der Waals surface area (Å²) in [5, 5.41) is 10.3. The first-order chi connectivity index (χ1) is 10.2. The molecule has 0 unspecified atom stereocenters. The summed E-state index contributed by atoms with van der Waals surface area (Å²) in [5.74, 6) is 0.211.